The van der Waals surface area contributed by atoms with E-state index in [0.717, 1.165) is 10.8 Å². The molecule has 0 fully saturated rings. The molecular formula is C33H25F6N3O4. The molecule has 0 spiro atoms. The fourth-order valence-electron chi connectivity index (χ4n) is 4.84. The van der Waals surface area contributed by atoms with Crippen molar-refractivity contribution in [3.63, 3.8) is 0 Å². The first-order chi connectivity index (χ1) is 21.7. The van der Waals surface area contributed by atoms with Gasteiger partial charge in [0.2, 0.25) is 0 Å². The summed E-state index contributed by atoms with van der Waals surface area (Å²) in [6.07, 6.45) is -10.3. The standard InChI is InChI=1S/C33H25F6N3O4/c1-46-27-9-8-21-12-23(7-6-22(21)15-27)29-17-28(24-13-25(32(34,35)36)16-26(14-24)33(37,38)39)41-42(29)18-19-2-4-20(5-3-19)31(45)40-11-10-30(43)44/h2-9,12-17H,10-11,18H2,1H3,(H,40,45)(H,43,44). The molecule has 0 atom stereocenters. The Morgan fingerprint density at radius 3 is 2.04 bits per heavy atom. The average molecular weight is 642 g/mol. The maximum absolute atomic E-state index is 13.6. The lowest BCUT2D eigenvalue weighted by molar-refractivity contribution is -0.143. The zero-order chi connectivity index (χ0) is 33.2. The normalized spacial score (nSPS) is 11.9. The third-order valence-electron chi connectivity index (χ3n) is 7.18. The number of hydrogen-bond donors (Lipinski definition) is 2. The van der Waals surface area contributed by atoms with Crippen molar-refractivity contribution in [2.45, 2.75) is 25.3 Å². The molecule has 1 amide bonds. The molecule has 238 valence electrons. The van der Waals surface area contributed by atoms with E-state index in [2.05, 4.69) is 10.4 Å². The Morgan fingerprint density at radius 2 is 1.43 bits per heavy atom. The van der Waals surface area contributed by atoms with Crippen LogP contribution in [-0.4, -0.2) is 40.4 Å². The average Bonchev–Trinajstić information content (AvgIpc) is 3.43. The van der Waals surface area contributed by atoms with Gasteiger partial charge in [-0.05, 0) is 70.9 Å². The lowest BCUT2D eigenvalue weighted by Gasteiger charge is -2.13. The zero-order valence-corrected chi connectivity index (χ0v) is 24.0. The van der Waals surface area contributed by atoms with Crippen LogP contribution < -0.4 is 10.1 Å². The van der Waals surface area contributed by atoms with Gasteiger partial charge >= 0.3 is 18.3 Å². The van der Waals surface area contributed by atoms with E-state index in [1.165, 1.54) is 30.0 Å². The largest absolute Gasteiger partial charge is 0.497 e. The highest BCUT2D eigenvalue weighted by atomic mass is 19.4. The summed E-state index contributed by atoms with van der Waals surface area (Å²) < 4.78 is 88.5. The Hall–Kier alpha value is -5.33. The molecule has 0 saturated carbocycles. The van der Waals surface area contributed by atoms with Crippen molar-refractivity contribution in [1.82, 2.24) is 15.1 Å². The number of methoxy groups -OCH3 is 1. The highest BCUT2D eigenvalue weighted by molar-refractivity contribution is 5.94. The molecular weight excluding hydrogens is 616 g/mol. The first-order valence-corrected chi connectivity index (χ1v) is 13.8. The molecule has 0 radical (unpaired) electrons. The number of rotatable bonds is 9. The van der Waals surface area contributed by atoms with Crippen molar-refractivity contribution in [2.24, 2.45) is 0 Å². The molecule has 0 saturated heterocycles. The number of amides is 1. The molecule has 0 aliphatic rings. The van der Waals surface area contributed by atoms with Crippen molar-refractivity contribution < 1.29 is 45.8 Å². The number of carboxylic acid groups (broad SMARTS) is 1. The van der Waals surface area contributed by atoms with Gasteiger partial charge in [0, 0.05) is 23.2 Å². The first kappa shape index (κ1) is 32.1. The number of carbonyl (C=O) groups excluding carboxylic acids is 1. The first-order valence-electron chi connectivity index (χ1n) is 13.8. The molecule has 1 heterocycles. The number of nitrogens with zero attached hydrogens (tertiary/aromatic N) is 2. The molecule has 4 aromatic carbocycles. The summed E-state index contributed by atoms with van der Waals surface area (Å²) in [7, 11) is 1.53. The van der Waals surface area contributed by atoms with Crippen LogP contribution in [0.15, 0.2) is 84.9 Å². The highest BCUT2D eigenvalue weighted by Crippen LogP contribution is 2.39. The fraction of sp³-hybridized carbons (Fsp3) is 0.182. The van der Waals surface area contributed by atoms with E-state index in [-0.39, 0.29) is 42.4 Å². The smallest absolute Gasteiger partial charge is 0.416 e. The van der Waals surface area contributed by atoms with Crippen LogP contribution in [0.1, 0.15) is 33.5 Å². The molecule has 0 bridgehead atoms. The number of halogens is 6. The molecule has 7 nitrogen and oxygen atoms in total. The number of aliphatic carboxylic acids is 1. The second-order valence-electron chi connectivity index (χ2n) is 10.4. The van der Waals surface area contributed by atoms with Gasteiger partial charge in [0.15, 0.2) is 0 Å². The Bertz CT molecular complexity index is 1880. The zero-order valence-electron chi connectivity index (χ0n) is 24.0. The van der Waals surface area contributed by atoms with E-state index < -0.39 is 35.4 Å². The number of carboxylic acids is 1. The minimum absolute atomic E-state index is 0.0561. The van der Waals surface area contributed by atoms with E-state index in [4.69, 9.17) is 9.84 Å². The van der Waals surface area contributed by atoms with Gasteiger partial charge in [-0.25, -0.2) is 0 Å². The second kappa shape index (κ2) is 12.6. The Morgan fingerprint density at radius 1 is 0.804 bits per heavy atom. The maximum atomic E-state index is 13.6. The van der Waals surface area contributed by atoms with Gasteiger partial charge in [0.25, 0.3) is 5.91 Å². The molecule has 0 aliphatic carbocycles. The topological polar surface area (TPSA) is 93.5 Å². The van der Waals surface area contributed by atoms with E-state index in [1.807, 2.05) is 24.3 Å². The predicted molar refractivity (Wildman–Crippen MR) is 157 cm³/mol. The van der Waals surface area contributed by atoms with Gasteiger partial charge in [-0.15, -0.1) is 0 Å². The summed E-state index contributed by atoms with van der Waals surface area (Å²) >= 11 is 0. The van der Waals surface area contributed by atoms with Gasteiger partial charge < -0.3 is 15.2 Å². The van der Waals surface area contributed by atoms with Crippen LogP contribution in [0.25, 0.3) is 33.3 Å². The van der Waals surface area contributed by atoms with Crippen LogP contribution in [0.2, 0.25) is 0 Å². The lowest BCUT2D eigenvalue weighted by atomic mass is 10.0. The van der Waals surface area contributed by atoms with Gasteiger partial charge in [-0.1, -0.05) is 30.3 Å². The fourth-order valence-corrected chi connectivity index (χ4v) is 4.84. The second-order valence-corrected chi connectivity index (χ2v) is 10.4. The van der Waals surface area contributed by atoms with Gasteiger partial charge in [0.1, 0.15) is 5.75 Å². The Labute approximate surface area is 258 Å². The van der Waals surface area contributed by atoms with Gasteiger partial charge in [-0.2, -0.15) is 31.4 Å². The molecule has 0 unspecified atom stereocenters. The predicted octanol–water partition coefficient (Wildman–Crippen LogP) is 7.67. The summed E-state index contributed by atoms with van der Waals surface area (Å²) in [6.45, 7) is 0.00145. The molecule has 2 N–H and O–H groups in total. The van der Waals surface area contributed by atoms with Crippen LogP contribution in [0.4, 0.5) is 26.3 Å². The van der Waals surface area contributed by atoms with Crippen LogP contribution in [0.3, 0.4) is 0 Å². The number of alkyl halides is 6. The van der Waals surface area contributed by atoms with Crippen molar-refractivity contribution >= 4 is 22.6 Å². The van der Waals surface area contributed by atoms with Crippen LogP contribution >= 0.6 is 0 Å². The summed E-state index contributed by atoms with van der Waals surface area (Å²) in [5.41, 5.74) is -1.44. The number of fused-ring (bicyclic) bond motifs is 1. The number of ether oxygens (including phenoxy) is 1. The van der Waals surface area contributed by atoms with Crippen LogP contribution in [-0.2, 0) is 23.7 Å². The monoisotopic (exact) mass is 641 g/mol. The summed E-state index contributed by atoms with van der Waals surface area (Å²) in [4.78, 5) is 23.1. The molecule has 13 heteroatoms. The Kier molecular flexibility index (Phi) is 8.77. The molecule has 0 aliphatic heterocycles. The highest BCUT2D eigenvalue weighted by Gasteiger charge is 2.37. The van der Waals surface area contributed by atoms with Crippen molar-refractivity contribution in [3.05, 3.63) is 107 Å². The van der Waals surface area contributed by atoms with Crippen LogP contribution in [0, 0.1) is 0 Å². The SMILES string of the molecule is COc1ccc2cc(-c3cc(-c4cc(C(F)(F)F)cc(C(F)(F)F)c4)nn3Cc3ccc(C(=O)NCCC(=O)O)cc3)ccc2c1. The van der Waals surface area contributed by atoms with E-state index >= 15 is 0 Å². The van der Waals surface area contributed by atoms with E-state index in [1.54, 1.807) is 24.3 Å². The van der Waals surface area contributed by atoms with E-state index in [9.17, 15) is 35.9 Å². The lowest BCUT2D eigenvalue weighted by Crippen LogP contribution is -2.25. The van der Waals surface area contributed by atoms with Crippen LogP contribution in [0.5, 0.6) is 5.75 Å². The number of carbonyl (C=O) groups is 2. The summed E-state index contributed by atoms with van der Waals surface area (Å²) in [5, 5.41) is 17.4. The summed E-state index contributed by atoms with van der Waals surface area (Å²) in [5.74, 6) is -0.903. The van der Waals surface area contributed by atoms with Crippen molar-refractivity contribution in [2.75, 3.05) is 13.7 Å². The van der Waals surface area contributed by atoms with Crippen molar-refractivity contribution in [3.8, 4) is 28.3 Å². The minimum atomic E-state index is -5.03. The summed E-state index contributed by atoms with van der Waals surface area (Å²) in [6, 6.07) is 19.8. The third kappa shape index (κ3) is 7.31. The van der Waals surface area contributed by atoms with Crippen molar-refractivity contribution in [1.29, 1.82) is 0 Å². The number of nitrogens with one attached hydrogen (secondary N) is 1. The van der Waals surface area contributed by atoms with Gasteiger partial charge in [-0.3, -0.25) is 14.3 Å². The quantitative estimate of drug-likeness (QED) is 0.161. The van der Waals surface area contributed by atoms with E-state index in [0.29, 0.717) is 34.7 Å². The minimum Gasteiger partial charge on any atom is -0.497 e. The maximum Gasteiger partial charge on any atom is 0.416 e. The molecule has 5 rings (SSSR count). The molecule has 46 heavy (non-hydrogen) atoms. The number of benzene rings is 4. The third-order valence-corrected chi connectivity index (χ3v) is 7.18. The Balaban J connectivity index is 1.56. The van der Waals surface area contributed by atoms with Gasteiger partial charge in [0.05, 0.1) is 42.6 Å². The molecule has 1 aromatic heterocycles. The number of aromatic nitrogens is 2. The number of hydrogen-bond acceptors (Lipinski definition) is 4. The molecule has 5 aromatic rings.